The van der Waals surface area contributed by atoms with E-state index in [4.69, 9.17) is 0 Å². The van der Waals surface area contributed by atoms with Crippen LogP contribution >= 0.6 is 15.9 Å². The molecule has 0 aliphatic carbocycles. The van der Waals surface area contributed by atoms with E-state index in [1.54, 1.807) is 43.5 Å². The van der Waals surface area contributed by atoms with Crippen LogP contribution in [0, 0.1) is 0 Å². The number of nitrogens with zero attached hydrogens (tertiary/aromatic N) is 3. The first-order valence-electron chi connectivity index (χ1n) is 6.53. The Hall–Kier alpha value is -2.25. The molecule has 0 saturated heterocycles. The van der Waals surface area contributed by atoms with Crippen molar-refractivity contribution in [2.24, 2.45) is 0 Å². The molecule has 1 atom stereocenters. The van der Waals surface area contributed by atoms with E-state index >= 15 is 0 Å². The lowest BCUT2D eigenvalue weighted by Gasteiger charge is -2.09. The van der Waals surface area contributed by atoms with Gasteiger partial charge in [0.15, 0.2) is 11.3 Å². The van der Waals surface area contributed by atoms with Crippen LogP contribution in [-0.2, 0) is 0 Å². The van der Waals surface area contributed by atoms with Crippen LogP contribution in [0.25, 0.3) is 16.7 Å². The van der Waals surface area contributed by atoms with Crippen molar-refractivity contribution >= 4 is 32.9 Å². The summed E-state index contributed by atoms with van der Waals surface area (Å²) >= 11 is 3.39. The number of carboxylic acid groups (broad SMARTS) is 1. The van der Waals surface area contributed by atoms with Gasteiger partial charge in [0.1, 0.15) is 0 Å². The summed E-state index contributed by atoms with van der Waals surface area (Å²) in [6, 6.07) is 8.68. The predicted molar refractivity (Wildman–Crippen MR) is 84.2 cm³/mol. The van der Waals surface area contributed by atoms with E-state index in [-0.39, 0.29) is 5.69 Å². The van der Waals surface area contributed by atoms with Crippen LogP contribution in [0.2, 0.25) is 0 Å². The Morgan fingerprint density at radius 1 is 1.36 bits per heavy atom. The maximum absolute atomic E-state index is 11.3. The standard InChI is InChI=1S/C15H12BrN3O3/c1-8(20)9-5-10(16)7-11(6-9)19-14-12(3-2-4-17-14)13(18-19)15(21)22/h2-8,20H,1H3,(H,21,22). The van der Waals surface area contributed by atoms with E-state index in [0.29, 0.717) is 22.3 Å². The molecule has 112 valence electrons. The highest BCUT2D eigenvalue weighted by Crippen LogP contribution is 2.26. The number of aliphatic hydroxyl groups excluding tert-OH is 1. The second-order valence-corrected chi connectivity index (χ2v) is 5.77. The van der Waals surface area contributed by atoms with Crippen LogP contribution in [0.15, 0.2) is 41.0 Å². The maximum atomic E-state index is 11.3. The molecular weight excluding hydrogens is 350 g/mol. The SMILES string of the molecule is CC(O)c1cc(Br)cc(-n2nc(C(=O)O)c3cccnc32)c1. The molecule has 2 aromatic heterocycles. The summed E-state index contributed by atoms with van der Waals surface area (Å²) in [5.41, 5.74) is 1.72. The van der Waals surface area contributed by atoms with E-state index in [1.807, 2.05) is 0 Å². The van der Waals surface area contributed by atoms with Crippen molar-refractivity contribution in [1.29, 1.82) is 0 Å². The van der Waals surface area contributed by atoms with Gasteiger partial charge in [0.25, 0.3) is 0 Å². The third kappa shape index (κ3) is 2.49. The second-order valence-electron chi connectivity index (χ2n) is 4.86. The van der Waals surface area contributed by atoms with Gasteiger partial charge in [-0.25, -0.2) is 14.5 Å². The molecule has 1 aromatic carbocycles. The molecule has 7 heteroatoms. The van der Waals surface area contributed by atoms with E-state index in [9.17, 15) is 15.0 Å². The first-order chi connectivity index (χ1) is 10.5. The lowest BCUT2D eigenvalue weighted by atomic mass is 10.1. The molecule has 0 saturated carbocycles. The molecule has 2 heterocycles. The van der Waals surface area contributed by atoms with Gasteiger partial charge in [0, 0.05) is 10.7 Å². The number of carboxylic acids is 1. The summed E-state index contributed by atoms with van der Waals surface area (Å²) in [4.78, 5) is 15.6. The number of rotatable bonds is 3. The summed E-state index contributed by atoms with van der Waals surface area (Å²) in [6.07, 6.45) is 0.935. The van der Waals surface area contributed by atoms with Crippen molar-refractivity contribution in [2.45, 2.75) is 13.0 Å². The van der Waals surface area contributed by atoms with Crippen molar-refractivity contribution < 1.29 is 15.0 Å². The quantitative estimate of drug-likeness (QED) is 0.748. The zero-order valence-electron chi connectivity index (χ0n) is 11.6. The Bertz CT molecular complexity index is 874. The van der Waals surface area contributed by atoms with Crippen LogP contribution in [-0.4, -0.2) is 30.9 Å². The van der Waals surface area contributed by atoms with Gasteiger partial charge >= 0.3 is 5.97 Å². The average molecular weight is 362 g/mol. The van der Waals surface area contributed by atoms with E-state index in [2.05, 4.69) is 26.0 Å². The highest BCUT2D eigenvalue weighted by atomic mass is 79.9. The summed E-state index contributed by atoms with van der Waals surface area (Å²) in [7, 11) is 0. The van der Waals surface area contributed by atoms with Crippen molar-refractivity contribution in [3.63, 3.8) is 0 Å². The Balaban J connectivity index is 2.29. The Morgan fingerprint density at radius 3 is 2.82 bits per heavy atom. The molecule has 6 nitrogen and oxygen atoms in total. The maximum Gasteiger partial charge on any atom is 0.357 e. The number of aromatic nitrogens is 3. The largest absolute Gasteiger partial charge is 0.476 e. The number of hydrogen-bond donors (Lipinski definition) is 2. The van der Waals surface area contributed by atoms with Crippen LogP contribution in [0.5, 0.6) is 0 Å². The van der Waals surface area contributed by atoms with Crippen LogP contribution in [0.3, 0.4) is 0 Å². The molecule has 22 heavy (non-hydrogen) atoms. The molecule has 3 rings (SSSR count). The van der Waals surface area contributed by atoms with Crippen molar-refractivity contribution in [3.8, 4) is 5.69 Å². The first kappa shape index (κ1) is 14.7. The smallest absolute Gasteiger partial charge is 0.357 e. The van der Waals surface area contributed by atoms with Crippen LogP contribution in [0.1, 0.15) is 29.1 Å². The van der Waals surface area contributed by atoms with E-state index < -0.39 is 12.1 Å². The molecular formula is C15H12BrN3O3. The molecule has 0 radical (unpaired) electrons. The minimum Gasteiger partial charge on any atom is -0.476 e. The zero-order chi connectivity index (χ0) is 15.9. The zero-order valence-corrected chi connectivity index (χ0v) is 13.1. The Labute approximate surface area is 134 Å². The minimum absolute atomic E-state index is 0.0540. The van der Waals surface area contributed by atoms with Gasteiger partial charge in [-0.2, -0.15) is 5.10 Å². The third-order valence-electron chi connectivity index (χ3n) is 3.28. The van der Waals surface area contributed by atoms with E-state index in [0.717, 1.165) is 4.47 Å². The van der Waals surface area contributed by atoms with Gasteiger partial charge in [-0.15, -0.1) is 0 Å². The fraction of sp³-hybridized carbons (Fsp3) is 0.133. The van der Waals surface area contributed by atoms with Crippen LogP contribution in [0.4, 0.5) is 0 Å². The normalized spacial score (nSPS) is 12.5. The molecule has 2 N–H and O–H groups in total. The minimum atomic E-state index is -1.11. The highest BCUT2D eigenvalue weighted by molar-refractivity contribution is 9.10. The fourth-order valence-electron chi connectivity index (χ4n) is 2.25. The third-order valence-corrected chi connectivity index (χ3v) is 3.73. The second kappa shape index (κ2) is 5.51. The average Bonchev–Trinajstić information content (AvgIpc) is 2.86. The highest BCUT2D eigenvalue weighted by Gasteiger charge is 2.18. The number of carbonyl (C=O) groups is 1. The number of fused-ring (bicyclic) bond motifs is 1. The lowest BCUT2D eigenvalue weighted by Crippen LogP contribution is -2.03. The number of halogens is 1. The molecule has 0 amide bonds. The number of benzene rings is 1. The van der Waals surface area contributed by atoms with Crippen LogP contribution < -0.4 is 0 Å². The number of hydrogen-bond acceptors (Lipinski definition) is 4. The Morgan fingerprint density at radius 2 is 2.14 bits per heavy atom. The summed E-state index contributed by atoms with van der Waals surface area (Å²) in [5, 5.41) is 23.7. The first-order valence-corrected chi connectivity index (χ1v) is 7.32. The molecule has 3 aromatic rings. The van der Waals surface area contributed by atoms with Gasteiger partial charge in [0.2, 0.25) is 0 Å². The molecule has 1 unspecified atom stereocenters. The summed E-state index contributed by atoms with van der Waals surface area (Å²) in [5.74, 6) is -1.11. The molecule has 0 spiro atoms. The summed E-state index contributed by atoms with van der Waals surface area (Å²) in [6.45, 7) is 1.66. The topological polar surface area (TPSA) is 88.2 Å². The van der Waals surface area contributed by atoms with E-state index in [1.165, 1.54) is 4.68 Å². The Kier molecular flexibility index (Phi) is 3.67. The molecule has 0 bridgehead atoms. The van der Waals surface area contributed by atoms with Crippen molar-refractivity contribution in [2.75, 3.05) is 0 Å². The fourth-order valence-corrected chi connectivity index (χ4v) is 2.75. The number of pyridine rings is 1. The van der Waals surface area contributed by atoms with Gasteiger partial charge in [-0.05, 0) is 42.8 Å². The lowest BCUT2D eigenvalue weighted by molar-refractivity contribution is 0.0692. The van der Waals surface area contributed by atoms with Crippen molar-refractivity contribution in [3.05, 3.63) is 52.3 Å². The number of aromatic carboxylic acids is 1. The van der Waals surface area contributed by atoms with Gasteiger partial charge in [-0.1, -0.05) is 15.9 Å². The number of aliphatic hydroxyl groups is 1. The van der Waals surface area contributed by atoms with Crippen molar-refractivity contribution in [1.82, 2.24) is 14.8 Å². The van der Waals surface area contributed by atoms with Gasteiger partial charge in [0.05, 0.1) is 17.2 Å². The molecule has 0 aliphatic heterocycles. The predicted octanol–water partition coefficient (Wildman–Crippen LogP) is 2.93. The van der Waals surface area contributed by atoms with Gasteiger partial charge < -0.3 is 10.2 Å². The van der Waals surface area contributed by atoms with Gasteiger partial charge in [-0.3, -0.25) is 0 Å². The monoisotopic (exact) mass is 361 g/mol. The summed E-state index contributed by atoms with van der Waals surface area (Å²) < 4.78 is 2.23. The molecule has 0 fully saturated rings. The molecule has 0 aliphatic rings.